The minimum atomic E-state index is -0.247. The van der Waals surface area contributed by atoms with Gasteiger partial charge in [-0.3, -0.25) is 9.59 Å². The number of ether oxygens (including phenoxy) is 2. The van der Waals surface area contributed by atoms with Crippen LogP contribution in [0.2, 0.25) is 10.2 Å². The van der Waals surface area contributed by atoms with Gasteiger partial charge in [0, 0.05) is 42.5 Å². The largest absolute Gasteiger partial charge is 0.353 e. The second kappa shape index (κ2) is 13.9. The van der Waals surface area contributed by atoms with Gasteiger partial charge in [0.05, 0.1) is 6.61 Å². The Labute approximate surface area is 238 Å². The molecule has 3 heterocycles. The van der Waals surface area contributed by atoms with E-state index in [1.807, 2.05) is 36.6 Å². The standard InChI is InChI=1S/C28H33Cl2N5O4/c1-3-34(14-6-16-39-24-7-4-5-15-38-24)28(37)25-26(31-18-36)33-27(22-12-13-23(30)32-19(22)2)35(25)17-20-8-10-21(29)11-9-20/h8-13,18,24H,3-7,14-17H2,1-2H3,(H,31,36). The quantitative estimate of drug-likeness (QED) is 0.173. The van der Waals surface area contributed by atoms with Gasteiger partial charge in [-0.25, -0.2) is 9.97 Å². The molecule has 9 nitrogen and oxygen atoms in total. The summed E-state index contributed by atoms with van der Waals surface area (Å²) in [7, 11) is 0. The number of aryl methyl sites for hydroxylation is 1. The van der Waals surface area contributed by atoms with Crippen molar-refractivity contribution < 1.29 is 19.1 Å². The van der Waals surface area contributed by atoms with Gasteiger partial charge in [0.25, 0.3) is 5.91 Å². The monoisotopic (exact) mass is 573 g/mol. The molecule has 1 aromatic carbocycles. The average molecular weight is 575 g/mol. The number of halogens is 2. The molecule has 0 saturated carbocycles. The SMILES string of the molecule is CCN(CCCOC1CCCCO1)C(=O)c1c(NC=O)nc(-c2ccc(Cl)nc2C)n1Cc1ccc(Cl)cc1. The molecule has 0 bridgehead atoms. The molecule has 1 N–H and O–H groups in total. The Balaban J connectivity index is 1.66. The normalized spacial score (nSPS) is 15.2. The first-order chi connectivity index (χ1) is 18.9. The Kier molecular flexibility index (Phi) is 10.3. The zero-order chi connectivity index (χ0) is 27.8. The fourth-order valence-corrected chi connectivity index (χ4v) is 4.91. The summed E-state index contributed by atoms with van der Waals surface area (Å²) in [4.78, 5) is 36.3. The van der Waals surface area contributed by atoms with Gasteiger partial charge in [-0.2, -0.15) is 0 Å². The van der Waals surface area contributed by atoms with Gasteiger partial charge in [0.15, 0.2) is 17.8 Å². The smallest absolute Gasteiger partial charge is 0.274 e. The predicted octanol–water partition coefficient (Wildman–Crippen LogP) is 5.57. The van der Waals surface area contributed by atoms with E-state index in [1.54, 1.807) is 23.1 Å². The number of amides is 2. The minimum Gasteiger partial charge on any atom is -0.353 e. The van der Waals surface area contributed by atoms with Crippen LogP contribution in [-0.4, -0.2) is 64.3 Å². The second-order valence-electron chi connectivity index (χ2n) is 9.28. The highest BCUT2D eigenvalue weighted by molar-refractivity contribution is 6.30. The molecular formula is C28H33Cl2N5O4. The Bertz CT molecular complexity index is 1280. The van der Waals surface area contributed by atoms with Crippen molar-refractivity contribution in [2.24, 2.45) is 0 Å². The zero-order valence-electron chi connectivity index (χ0n) is 22.2. The van der Waals surface area contributed by atoms with Crippen molar-refractivity contribution in [3.05, 3.63) is 63.5 Å². The number of carbonyl (C=O) groups is 2. The molecule has 1 aliphatic rings. The van der Waals surface area contributed by atoms with Crippen LogP contribution in [0.1, 0.15) is 54.4 Å². The lowest BCUT2D eigenvalue weighted by molar-refractivity contribution is -0.162. The van der Waals surface area contributed by atoms with Gasteiger partial charge in [0.2, 0.25) is 6.41 Å². The van der Waals surface area contributed by atoms with Crippen LogP contribution in [0.4, 0.5) is 5.82 Å². The second-order valence-corrected chi connectivity index (χ2v) is 10.1. The molecule has 0 spiro atoms. The van der Waals surface area contributed by atoms with Crippen LogP contribution in [0.5, 0.6) is 0 Å². The Morgan fingerprint density at radius 1 is 1.21 bits per heavy atom. The van der Waals surface area contributed by atoms with E-state index < -0.39 is 0 Å². The fraction of sp³-hybridized carbons (Fsp3) is 0.429. The maximum absolute atomic E-state index is 14.0. The fourth-order valence-electron chi connectivity index (χ4n) is 4.59. The summed E-state index contributed by atoms with van der Waals surface area (Å²) in [5, 5.41) is 3.60. The van der Waals surface area contributed by atoms with Gasteiger partial charge in [-0.05, 0) is 69.4 Å². The highest BCUT2D eigenvalue weighted by atomic mass is 35.5. The van der Waals surface area contributed by atoms with Crippen molar-refractivity contribution in [1.82, 2.24) is 19.4 Å². The van der Waals surface area contributed by atoms with Crippen LogP contribution in [-0.2, 0) is 20.8 Å². The van der Waals surface area contributed by atoms with Crippen LogP contribution in [0.15, 0.2) is 36.4 Å². The van der Waals surface area contributed by atoms with Gasteiger partial charge in [-0.1, -0.05) is 35.3 Å². The number of pyridine rings is 1. The van der Waals surface area contributed by atoms with E-state index >= 15 is 0 Å². The van der Waals surface area contributed by atoms with Crippen molar-refractivity contribution in [2.75, 3.05) is 31.6 Å². The highest BCUT2D eigenvalue weighted by Gasteiger charge is 2.28. The van der Waals surface area contributed by atoms with E-state index in [2.05, 4.69) is 10.3 Å². The van der Waals surface area contributed by atoms with Crippen molar-refractivity contribution in [1.29, 1.82) is 0 Å². The first-order valence-electron chi connectivity index (χ1n) is 13.1. The van der Waals surface area contributed by atoms with Gasteiger partial charge < -0.3 is 24.3 Å². The number of hydrogen-bond donors (Lipinski definition) is 1. The maximum Gasteiger partial charge on any atom is 0.274 e. The number of nitrogens with zero attached hydrogens (tertiary/aromatic N) is 4. The average Bonchev–Trinajstić information content (AvgIpc) is 3.27. The van der Waals surface area contributed by atoms with Gasteiger partial charge >= 0.3 is 0 Å². The summed E-state index contributed by atoms with van der Waals surface area (Å²) in [5.74, 6) is 0.426. The zero-order valence-corrected chi connectivity index (χ0v) is 23.7. The number of carbonyl (C=O) groups excluding carboxylic acids is 2. The molecule has 4 rings (SSSR count). The summed E-state index contributed by atoms with van der Waals surface area (Å²) in [5.41, 5.74) is 2.54. The predicted molar refractivity (Wildman–Crippen MR) is 151 cm³/mol. The number of anilines is 1. The highest BCUT2D eigenvalue weighted by Crippen LogP contribution is 2.30. The van der Waals surface area contributed by atoms with E-state index in [0.717, 1.165) is 31.4 Å². The van der Waals surface area contributed by atoms with Crippen molar-refractivity contribution in [2.45, 2.75) is 52.4 Å². The van der Waals surface area contributed by atoms with Gasteiger partial charge in [0.1, 0.15) is 11.0 Å². The minimum absolute atomic E-state index is 0.174. The van der Waals surface area contributed by atoms with Crippen molar-refractivity contribution in [3.8, 4) is 11.4 Å². The Hall–Kier alpha value is -2.98. The molecule has 11 heteroatoms. The number of rotatable bonds is 12. The molecule has 0 aliphatic carbocycles. The van der Waals surface area contributed by atoms with E-state index in [0.29, 0.717) is 66.3 Å². The first-order valence-corrected chi connectivity index (χ1v) is 13.9. The number of nitrogens with one attached hydrogen (secondary N) is 1. The van der Waals surface area contributed by atoms with E-state index in [-0.39, 0.29) is 23.7 Å². The number of aromatic nitrogens is 3. The topological polar surface area (TPSA) is 98.6 Å². The Morgan fingerprint density at radius 3 is 2.67 bits per heavy atom. The Morgan fingerprint density at radius 2 is 2.00 bits per heavy atom. The third kappa shape index (κ3) is 7.36. The van der Waals surface area contributed by atoms with Gasteiger partial charge in [-0.15, -0.1) is 0 Å². The van der Waals surface area contributed by atoms with Crippen LogP contribution >= 0.6 is 23.2 Å². The van der Waals surface area contributed by atoms with Crippen LogP contribution in [0, 0.1) is 6.92 Å². The van der Waals surface area contributed by atoms with E-state index in [1.165, 1.54) is 0 Å². The molecule has 1 aliphatic heterocycles. The molecule has 208 valence electrons. The summed E-state index contributed by atoms with van der Waals surface area (Å²) >= 11 is 12.2. The lowest BCUT2D eigenvalue weighted by atomic mass is 10.1. The van der Waals surface area contributed by atoms with Crippen LogP contribution in [0.3, 0.4) is 0 Å². The third-order valence-electron chi connectivity index (χ3n) is 6.60. The molecule has 1 atom stereocenters. The van der Waals surface area contributed by atoms with Crippen molar-refractivity contribution >= 4 is 41.3 Å². The molecule has 3 aromatic rings. The third-order valence-corrected chi connectivity index (χ3v) is 7.06. The summed E-state index contributed by atoms with van der Waals surface area (Å²) in [6, 6.07) is 10.9. The van der Waals surface area contributed by atoms with Crippen molar-refractivity contribution in [3.63, 3.8) is 0 Å². The van der Waals surface area contributed by atoms with E-state index in [9.17, 15) is 9.59 Å². The lowest BCUT2D eigenvalue weighted by Gasteiger charge is -2.25. The summed E-state index contributed by atoms with van der Waals surface area (Å²) < 4.78 is 13.3. The summed E-state index contributed by atoms with van der Waals surface area (Å²) in [6.07, 6.45) is 4.05. The first kappa shape index (κ1) is 29.0. The molecule has 2 amide bonds. The van der Waals surface area contributed by atoms with Crippen LogP contribution in [0.25, 0.3) is 11.4 Å². The number of imidazole rings is 1. The summed E-state index contributed by atoms with van der Waals surface area (Å²) in [6.45, 7) is 6.23. The molecular weight excluding hydrogens is 541 g/mol. The molecule has 2 aromatic heterocycles. The molecule has 39 heavy (non-hydrogen) atoms. The lowest BCUT2D eigenvalue weighted by Crippen LogP contribution is -2.35. The number of benzene rings is 1. The molecule has 1 fully saturated rings. The molecule has 1 saturated heterocycles. The number of hydrogen-bond acceptors (Lipinski definition) is 6. The molecule has 1 unspecified atom stereocenters. The molecule has 0 radical (unpaired) electrons. The van der Waals surface area contributed by atoms with Crippen LogP contribution < -0.4 is 5.32 Å². The maximum atomic E-state index is 14.0. The van der Waals surface area contributed by atoms with E-state index in [4.69, 9.17) is 37.7 Å².